The molecule has 2 amide bonds. The van der Waals surface area contributed by atoms with Gasteiger partial charge in [0.2, 0.25) is 11.8 Å². The first kappa shape index (κ1) is 20.4. The fourth-order valence-corrected chi connectivity index (χ4v) is 2.81. The Balaban J connectivity index is 1.82. The van der Waals surface area contributed by atoms with E-state index >= 15 is 0 Å². The minimum Gasteiger partial charge on any atom is -0.379 e. The molecule has 26 heavy (non-hydrogen) atoms. The molecule has 4 N–H and O–H groups in total. The van der Waals surface area contributed by atoms with Gasteiger partial charge in [0.1, 0.15) is 0 Å². The van der Waals surface area contributed by atoms with Gasteiger partial charge in [-0.1, -0.05) is 26.0 Å². The summed E-state index contributed by atoms with van der Waals surface area (Å²) >= 11 is 0. The van der Waals surface area contributed by atoms with Gasteiger partial charge in [0.15, 0.2) is 0 Å². The van der Waals surface area contributed by atoms with Crippen LogP contribution in [-0.4, -0.2) is 55.6 Å². The van der Waals surface area contributed by atoms with Gasteiger partial charge in [-0.25, -0.2) is 0 Å². The van der Waals surface area contributed by atoms with Crippen molar-refractivity contribution in [3.8, 4) is 0 Å². The number of benzene rings is 1. The van der Waals surface area contributed by atoms with E-state index in [-0.39, 0.29) is 24.3 Å². The van der Waals surface area contributed by atoms with Crippen molar-refractivity contribution in [1.29, 1.82) is 0 Å². The largest absolute Gasteiger partial charge is 0.379 e. The summed E-state index contributed by atoms with van der Waals surface area (Å²) in [6, 6.07) is 7.49. The Kier molecular flexibility index (Phi) is 7.56. The van der Waals surface area contributed by atoms with E-state index in [4.69, 9.17) is 10.5 Å². The summed E-state index contributed by atoms with van der Waals surface area (Å²) in [5.74, 6) is -0.563. The van der Waals surface area contributed by atoms with Crippen LogP contribution in [0.15, 0.2) is 24.3 Å². The highest BCUT2D eigenvalue weighted by molar-refractivity contribution is 5.95. The van der Waals surface area contributed by atoms with Gasteiger partial charge in [-0.3, -0.25) is 14.5 Å². The first-order chi connectivity index (χ1) is 12.4. The number of nitrogens with one attached hydrogen (secondary N) is 2. The highest BCUT2D eigenvalue weighted by Gasteiger charge is 2.19. The van der Waals surface area contributed by atoms with E-state index in [2.05, 4.69) is 22.5 Å². The Bertz CT molecular complexity index is 597. The van der Waals surface area contributed by atoms with Crippen LogP contribution in [0.1, 0.15) is 32.4 Å². The number of nitrogens with zero attached hydrogens (tertiary/aromatic N) is 1. The molecule has 1 saturated heterocycles. The highest BCUT2D eigenvalue weighted by atomic mass is 16.5. The molecule has 1 unspecified atom stereocenters. The van der Waals surface area contributed by atoms with E-state index in [1.165, 1.54) is 5.56 Å². The van der Waals surface area contributed by atoms with Gasteiger partial charge >= 0.3 is 0 Å². The van der Waals surface area contributed by atoms with Crippen molar-refractivity contribution in [1.82, 2.24) is 10.2 Å². The molecule has 1 aromatic carbocycles. The lowest BCUT2D eigenvalue weighted by atomic mass is 10.1. The molecule has 2 rings (SSSR count). The fraction of sp³-hybridized carbons (Fsp3) is 0.579. The maximum absolute atomic E-state index is 12.0. The third kappa shape index (κ3) is 5.79. The van der Waals surface area contributed by atoms with Crippen LogP contribution in [0.3, 0.4) is 0 Å². The zero-order chi connectivity index (χ0) is 19.1. The minimum absolute atomic E-state index is 0.0269. The Hall–Kier alpha value is -1.96. The SMILES string of the molecule is CC(C)[C@H](N)C(=O)NCC(=O)Nc1ccc(C(C)N2CCOCC2)cc1. The van der Waals surface area contributed by atoms with Crippen LogP contribution in [0.2, 0.25) is 0 Å². The summed E-state index contributed by atoms with van der Waals surface area (Å²) in [6.45, 7) is 9.20. The molecule has 0 aromatic heterocycles. The summed E-state index contributed by atoms with van der Waals surface area (Å²) in [5.41, 5.74) is 7.65. The summed E-state index contributed by atoms with van der Waals surface area (Å²) < 4.78 is 5.39. The third-order valence-electron chi connectivity index (χ3n) is 4.71. The van der Waals surface area contributed by atoms with Crippen molar-refractivity contribution in [3.05, 3.63) is 29.8 Å². The molecule has 1 fully saturated rings. The van der Waals surface area contributed by atoms with Gasteiger partial charge in [0, 0.05) is 24.8 Å². The average Bonchev–Trinajstić information content (AvgIpc) is 2.66. The summed E-state index contributed by atoms with van der Waals surface area (Å²) in [5, 5.41) is 5.34. The van der Waals surface area contributed by atoms with E-state index in [9.17, 15) is 9.59 Å². The highest BCUT2D eigenvalue weighted by Crippen LogP contribution is 2.22. The lowest BCUT2D eigenvalue weighted by molar-refractivity contribution is -0.125. The molecule has 1 aromatic rings. The molecule has 0 bridgehead atoms. The Morgan fingerprint density at radius 3 is 2.35 bits per heavy atom. The molecule has 0 aliphatic carbocycles. The molecular formula is C19H30N4O3. The second kappa shape index (κ2) is 9.66. The van der Waals surface area contributed by atoms with E-state index in [0.29, 0.717) is 11.7 Å². The monoisotopic (exact) mass is 362 g/mol. The lowest BCUT2D eigenvalue weighted by Gasteiger charge is -2.32. The summed E-state index contributed by atoms with van der Waals surface area (Å²) in [7, 11) is 0. The van der Waals surface area contributed by atoms with Crippen molar-refractivity contribution in [2.45, 2.75) is 32.9 Å². The minimum atomic E-state index is -0.608. The van der Waals surface area contributed by atoms with Gasteiger partial charge in [0.25, 0.3) is 0 Å². The molecule has 1 aliphatic rings. The van der Waals surface area contributed by atoms with E-state index in [1.807, 2.05) is 38.1 Å². The Morgan fingerprint density at radius 1 is 1.15 bits per heavy atom. The summed E-state index contributed by atoms with van der Waals surface area (Å²) in [6.07, 6.45) is 0. The number of hydrogen-bond acceptors (Lipinski definition) is 5. The molecule has 1 aliphatic heterocycles. The number of hydrogen-bond donors (Lipinski definition) is 3. The van der Waals surface area contributed by atoms with E-state index < -0.39 is 6.04 Å². The third-order valence-corrected chi connectivity index (χ3v) is 4.71. The standard InChI is InChI=1S/C19H30N4O3/c1-13(2)18(20)19(25)21-12-17(24)22-16-6-4-15(5-7-16)14(3)23-8-10-26-11-9-23/h4-7,13-14,18H,8-12,20H2,1-3H3,(H,21,25)(H,22,24)/t14?,18-/m0/s1. The molecule has 144 valence electrons. The Labute approximate surface area is 155 Å². The fourth-order valence-electron chi connectivity index (χ4n) is 2.81. The van der Waals surface area contributed by atoms with Crippen molar-refractivity contribution in [2.24, 2.45) is 11.7 Å². The normalized spacial score (nSPS) is 17.6. The first-order valence-corrected chi connectivity index (χ1v) is 9.13. The van der Waals surface area contributed by atoms with Crippen LogP contribution >= 0.6 is 0 Å². The van der Waals surface area contributed by atoms with Crippen LogP contribution < -0.4 is 16.4 Å². The van der Waals surface area contributed by atoms with Crippen molar-refractivity contribution >= 4 is 17.5 Å². The zero-order valence-electron chi connectivity index (χ0n) is 15.8. The smallest absolute Gasteiger partial charge is 0.243 e. The molecule has 7 heteroatoms. The lowest BCUT2D eigenvalue weighted by Crippen LogP contribution is -2.46. The van der Waals surface area contributed by atoms with Crippen LogP contribution in [0.5, 0.6) is 0 Å². The maximum Gasteiger partial charge on any atom is 0.243 e. The van der Waals surface area contributed by atoms with Gasteiger partial charge < -0.3 is 21.1 Å². The van der Waals surface area contributed by atoms with Gasteiger partial charge in [-0.05, 0) is 30.5 Å². The summed E-state index contributed by atoms with van der Waals surface area (Å²) in [4.78, 5) is 26.1. The predicted octanol–water partition coefficient (Wildman–Crippen LogP) is 1.12. The molecule has 2 atom stereocenters. The van der Waals surface area contributed by atoms with Crippen molar-refractivity contribution in [2.75, 3.05) is 38.2 Å². The average molecular weight is 362 g/mol. The van der Waals surface area contributed by atoms with Gasteiger partial charge in [-0.15, -0.1) is 0 Å². The zero-order valence-corrected chi connectivity index (χ0v) is 15.8. The molecule has 0 radical (unpaired) electrons. The quantitative estimate of drug-likeness (QED) is 0.675. The van der Waals surface area contributed by atoms with E-state index in [1.54, 1.807) is 0 Å². The van der Waals surface area contributed by atoms with Crippen molar-refractivity contribution < 1.29 is 14.3 Å². The number of ether oxygens (including phenoxy) is 1. The number of nitrogens with two attached hydrogens (primary N) is 1. The molecular weight excluding hydrogens is 332 g/mol. The topological polar surface area (TPSA) is 96.7 Å². The van der Waals surface area contributed by atoms with Gasteiger partial charge in [-0.2, -0.15) is 0 Å². The maximum atomic E-state index is 12.0. The molecule has 0 saturated carbocycles. The number of amides is 2. The molecule has 1 heterocycles. The second-order valence-electron chi connectivity index (χ2n) is 6.98. The number of carbonyl (C=O) groups is 2. The van der Waals surface area contributed by atoms with Crippen LogP contribution in [0.25, 0.3) is 0 Å². The first-order valence-electron chi connectivity index (χ1n) is 9.13. The molecule has 0 spiro atoms. The molecule has 7 nitrogen and oxygen atoms in total. The number of carbonyl (C=O) groups excluding carboxylic acids is 2. The second-order valence-corrected chi connectivity index (χ2v) is 6.98. The Morgan fingerprint density at radius 2 is 1.77 bits per heavy atom. The van der Waals surface area contributed by atoms with Crippen LogP contribution in [-0.2, 0) is 14.3 Å². The van der Waals surface area contributed by atoms with Crippen LogP contribution in [0.4, 0.5) is 5.69 Å². The number of rotatable bonds is 7. The number of anilines is 1. The van der Waals surface area contributed by atoms with E-state index in [0.717, 1.165) is 26.3 Å². The number of morpholine rings is 1. The van der Waals surface area contributed by atoms with Crippen molar-refractivity contribution in [3.63, 3.8) is 0 Å². The van der Waals surface area contributed by atoms with Gasteiger partial charge in [0.05, 0.1) is 25.8 Å². The predicted molar refractivity (Wildman–Crippen MR) is 102 cm³/mol. The van der Waals surface area contributed by atoms with Crippen LogP contribution in [0, 0.1) is 5.92 Å².